The Morgan fingerprint density at radius 1 is 1.07 bits per heavy atom. The van der Waals surface area contributed by atoms with E-state index >= 15 is 0 Å². The molecule has 0 radical (unpaired) electrons. The van der Waals surface area contributed by atoms with E-state index in [1.165, 1.54) is 0 Å². The number of piperazine rings is 1. The molecule has 1 fully saturated rings. The van der Waals surface area contributed by atoms with E-state index in [9.17, 15) is 0 Å². The van der Waals surface area contributed by atoms with Crippen molar-refractivity contribution in [3.05, 3.63) is 54.0 Å². The van der Waals surface area contributed by atoms with E-state index < -0.39 is 0 Å². The van der Waals surface area contributed by atoms with Crippen LogP contribution in [0.2, 0.25) is 0 Å². The largest absolute Gasteiger partial charge is 0.356 e. The SMILES string of the molecule is CCN1CCN(c2ccc(CNC(=NC)NCCc3ccccn3)cn2)CC1. The summed E-state index contributed by atoms with van der Waals surface area (Å²) < 4.78 is 0. The van der Waals surface area contributed by atoms with Gasteiger partial charge in [0, 0.05) is 70.8 Å². The lowest BCUT2D eigenvalue weighted by molar-refractivity contribution is 0.270. The molecule has 0 bridgehead atoms. The number of nitrogens with one attached hydrogen (secondary N) is 2. The van der Waals surface area contributed by atoms with E-state index in [0.29, 0.717) is 6.54 Å². The Morgan fingerprint density at radius 3 is 2.57 bits per heavy atom. The zero-order valence-corrected chi connectivity index (χ0v) is 16.9. The zero-order chi connectivity index (χ0) is 19.6. The van der Waals surface area contributed by atoms with Crippen molar-refractivity contribution >= 4 is 11.8 Å². The van der Waals surface area contributed by atoms with Crippen LogP contribution < -0.4 is 15.5 Å². The summed E-state index contributed by atoms with van der Waals surface area (Å²) in [5, 5.41) is 6.67. The molecule has 28 heavy (non-hydrogen) atoms. The second-order valence-electron chi connectivity index (χ2n) is 6.87. The molecule has 0 spiro atoms. The van der Waals surface area contributed by atoms with E-state index in [4.69, 9.17) is 0 Å². The first-order valence-corrected chi connectivity index (χ1v) is 10.0. The predicted octanol–water partition coefficient (Wildman–Crippen LogP) is 1.53. The molecule has 0 saturated carbocycles. The fourth-order valence-electron chi connectivity index (χ4n) is 3.26. The number of nitrogens with zero attached hydrogens (tertiary/aromatic N) is 5. The number of aromatic nitrogens is 2. The number of hydrogen-bond donors (Lipinski definition) is 2. The highest BCUT2D eigenvalue weighted by Crippen LogP contribution is 2.14. The minimum Gasteiger partial charge on any atom is -0.356 e. The van der Waals surface area contributed by atoms with Gasteiger partial charge in [-0.15, -0.1) is 0 Å². The standard InChI is InChI=1S/C21H31N7/c1-3-27-12-14-28(15-13-27)20-8-7-18(16-25-20)17-26-21(22-2)24-11-9-19-6-4-5-10-23-19/h4-8,10,16H,3,9,11-15,17H2,1-2H3,(H2,22,24,26). The molecule has 0 atom stereocenters. The van der Waals surface area contributed by atoms with Crippen LogP contribution in [0.3, 0.4) is 0 Å². The van der Waals surface area contributed by atoms with Crippen molar-refractivity contribution in [3.8, 4) is 0 Å². The smallest absolute Gasteiger partial charge is 0.191 e. The molecule has 2 aromatic heterocycles. The summed E-state index contributed by atoms with van der Waals surface area (Å²) in [6, 6.07) is 10.2. The molecular formula is C21H31N7. The summed E-state index contributed by atoms with van der Waals surface area (Å²) in [4.78, 5) is 18.1. The topological polar surface area (TPSA) is 68.7 Å². The zero-order valence-electron chi connectivity index (χ0n) is 16.9. The van der Waals surface area contributed by atoms with Crippen LogP contribution in [-0.4, -0.2) is 67.1 Å². The molecule has 0 amide bonds. The second-order valence-corrected chi connectivity index (χ2v) is 6.87. The van der Waals surface area contributed by atoms with E-state index in [0.717, 1.165) is 68.7 Å². The quantitative estimate of drug-likeness (QED) is 0.560. The van der Waals surface area contributed by atoms with Gasteiger partial charge in [0.25, 0.3) is 0 Å². The molecule has 0 unspecified atom stereocenters. The van der Waals surface area contributed by atoms with Gasteiger partial charge in [0.05, 0.1) is 0 Å². The lowest BCUT2D eigenvalue weighted by Gasteiger charge is -2.34. The van der Waals surface area contributed by atoms with Gasteiger partial charge in [-0.3, -0.25) is 9.98 Å². The average molecular weight is 382 g/mol. The van der Waals surface area contributed by atoms with Gasteiger partial charge in [0.1, 0.15) is 5.82 Å². The van der Waals surface area contributed by atoms with E-state index in [2.05, 4.69) is 54.5 Å². The molecule has 2 aromatic rings. The van der Waals surface area contributed by atoms with Crippen LogP contribution >= 0.6 is 0 Å². The number of rotatable bonds is 7. The third-order valence-corrected chi connectivity index (χ3v) is 5.04. The second kappa shape index (κ2) is 10.6. The molecule has 1 saturated heterocycles. The van der Waals surface area contributed by atoms with Crippen LogP contribution in [0, 0.1) is 0 Å². The monoisotopic (exact) mass is 381 g/mol. The maximum absolute atomic E-state index is 4.66. The Morgan fingerprint density at radius 2 is 1.93 bits per heavy atom. The number of hydrogen-bond acceptors (Lipinski definition) is 5. The van der Waals surface area contributed by atoms with Gasteiger partial charge < -0.3 is 20.4 Å². The molecular weight excluding hydrogens is 350 g/mol. The van der Waals surface area contributed by atoms with Crippen LogP contribution in [0.5, 0.6) is 0 Å². The number of likely N-dealkylation sites (N-methyl/N-ethyl adjacent to an activating group) is 1. The Balaban J connectivity index is 1.42. The highest BCUT2D eigenvalue weighted by Gasteiger charge is 2.16. The minimum absolute atomic E-state index is 0.695. The van der Waals surface area contributed by atoms with Gasteiger partial charge in [0.2, 0.25) is 0 Å². The fraction of sp³-hybridized carbons (Fsp3) is 0.476. The molecule has 150 valence electrons. The molecule has 0 aliphatic carbocycles. The highest BCUT2D eigenvalue weighted by molar-refractivity contribution is 5.79. The highest BCUT2D eigenvalue weighted by atomic mass is 15.3. The first-order chi connectivity index (χ1) is 13.8. The van der Waals surface area contributed by atoms with Crippen LogP contribution in [0.25, 0.3) is 0 Å². The first kappa shape index (κ1) is 20.1. The molecule has 3 heterocycles. The maximum atomic E-state index is 4.66. The molecule has 2 N–H and O–H groups in total. The maximum Gasteiger partial charge on any atom is 0.191 e. The molecule has 7 nitrogen and oxygen atoms in total. The van der Waals surface area contributed by atoms with Gasteiger partial charge in [-0.05, 0) is 30.3 Å². The Labute approximate surface area is 167 Å². The Hall–Kier alpha value is -2.67. The van der Waals surface area contributed by atoms with Gasteiger partial charge in [-0.1, -0.05) is 19.1 Å². The fourth-order valence-corrected chi connectivity index (χ4v) is 3.26. The van der Waals surface area contributed by atoms with Crippen LogP contribution in [0.1, 0.15) is 18.2 Å². The van der Waals surface area contributed by atoms with Crippen molar-refractivity contribution in [1.29, 1.82) is 0 Å². The summed E-state index contributed by atoms with van der Waals surface area (Å²) in [5.74, 6) is 1.85. The van der Waals surface area contributed by atoms with Gasteiger partial charge in [-0.2, -0.15) is 0 Å². The number of guanidine groups is 1. The van der Waals surface area contributed by atoms with Gasteiger partial charge in [-0.25, -0.2) is 4.98 Å². The van der Waals surface area contributed by atoms with Crippen LogP contribution in [0.15, 0.2) is 47.7 Å². The summed E-state index contributed by atoms with van der Waals surface area (Å²) in [5.41, 5.74) is 2.22. The van der Waals surface area contributed by atoms with E-state index in [1.54, 1.807) is 7.05 Å². The summed E-state index contributed by atoms with van der Waals surface area (Å²) in [7, 11) is 1.79. The van der Waals surface area contributed by atoms with E-state index in [-0.39, 0.29) is 0 Å². The molecule has 1 aliphatic heterocycles. The Bertz CT molecular complexity index is 722. The number of anilines is 1. The van der Waals surface area contributed by atoms with Crippen molar-refractivity contribution < 1.29 is 0 Å². The normalized spacial score (nSPS) is 15.5. The molecule has 7 heteroatoms. The van der Waals surface area contributed by atoms with Gasteiger partial charge >= 0.3 is 0 Å². The predicted molar refractivity (Wildman–Crippen MR) is 115 cm³/mol. The van der Waals surface area contributed by atoms with E-state index in [1.807, 2.05) is 30.6 Å². The van der Waals surface area contributed by atoms with Gasteiger partial charge in [0.15, 0.2) is 5.96 Å². The summed E-state index contributed by atoms with van der Waals surface area (Å²) in [6.07, 6.45) is 4.64. The first-order valence-electron chi connectivity index (χ1n) is 10.0. The number of pyridine rings is 2. The average Bonchev–Trinajstić information content (AvgIpc) is 2.77. The Kier molecular flexibility index (Phi) is 7.61. The number of aliphatic imine (C=N–C) groups is 1. The van der Waals surface area contributed by atoms with Crippen molar-refractivity contribution in [1.82, 2.24) is 25.5 Å². The van der Waals surface area contributed by atoms with Crippen molar-refractivity contribution in [3.63, 3.8) is 0 Å². The van der Waals surface area contributed by atoms with Crippen LogP contribution in [-0.2, 0) is 13.0 Å². The molecule has 1 aliphatic rings. The summed E-state index contributed by atoms with van der Waals surface area (Å²) in [6.45, 7) is 9.15. The minimum atomic E-state index is 0.695. The van der Waals surface area contributed by atoms with Crippen molar-refractivity contribution in [2.75, 3.05) is 51.2 Å². The van der Waals surface area contributed by atoms with Crippen LogP contribution in [0.4, 0.5) is 5.82 Å². The summed E-state index contributed by atoms with van der Waals surface area (Å²) >= 11 is 0. The van der Waals surface area contributed by atoms with Crippen molar-refractivity contribution in [2.24, 2.45) is 4.99 Å². The third-order valence-electron chi connectivity index (χ3n) is 5.04. The van der Waals surface area contributed by atoms with Crippen molar-refractivity contribution in [2.45, 2.75) is 19.9 Å². The lowest BCUT2D eigenvalue weighted by Crippen LogP contribution is -2.46. The molecule has 0 aromatic carbocycles. The molecule has 3 rings (SSSR count). The third kappa shape index (κ3) is 5.92. The lowest BCUT2D eigenvalue weighted by atomic mass is 10.2.